The van der Waals surface area contributed by atoms with Gasteiger partial charge in [0, 0.05) is 22.2 Å². The third-order valence-corrected chi connectivity index (χ3v) is 3.40. The van der Waals surface area contributed by atoms with Gasteiger partial charge in [-0.1, -0.05) is 0 Å². The van der Waals surface area contributed by atoms with Crippen molar-refractivity contribution in [2.45, 2.75) is 0 Å². The highest BCUT2D eigenvalue weighted by Crippen LogP contribution is 2.25. The first-order chi connectivity index (χ1) is 8.54. The van der Waals surface area contributed by atoms with Crippen molar-refractivity contribution in [3.05, 3.63) is 38.8 Å². The summed E-state index contributed by atoms with van der Waals surface area (Å²) in [6, 6.07) is 1.77. The van der Waals surface area contributed by atoms with Crippen molar-refractivity contribution in [2.24, 2.45) is 7.05 Å². The van der Waals surface area contributed by atoms with Crippen molar-refractivity contribution in [1.29, 1.82) is 0 Å². The average molecular weight is 375 g/mol. The Bertz CT molecular complexity index is 610. The molecule has 0 N–H and O–H groups in total. The molecule has 0 unspecified atom stereocenters. The van der Waals surface area contributed by atoms with E-state index in [-0.39, 0.29) is 5.78 Å². The maximum absolute atomic E-state index is 12.4. The largest absolute Gasteiger partial charge is 0.493 e. The van der Waals surface area contributed by atoms with Crippen molar-refractivity contribution in [1.82, 2.24) is 14.8 Å². The summed E-state index contributed by atoms with van der Waals surface area (Å²) in [5.41, 5.74) is 0.688. The second kappa shape index (κ2) is 5.19. The number of methoxy groups -OCH3 is 1. The lowest BCUT2D eigenvalue weighted by Crippen LogP contribution is -2.11. The summed E-state index contributed by atoms with van der Waals surface area (Å²) in [6.07, 6.45) is 3.07. The molecule has 2 rings (SSSR count). The normalized spacial score (nSPS) is 10.4. The molecule has 0 bridgehead atoms. The highest BCUT2D eigenvalue weighted by molar-refractivity contribution is 9.11. The number of ether oxygens (including phenoxy) is 1. The lowest BCUT2D eigenvalue weighted by atomic mass is 10.2. The molecule has 5 nitrogen and oxygen atoms in total. The van der Waals surface area contributed by atoms with Gasteiger partial charge in [-0.05, 0) is 37.9 Å². The van der Waals surface area contributed by atoms with Crippen LogP contribution in [-0.4, -0.2) is 27.7 Å². The van der Waals surface area contributed by atoms with E-state index < -0.39 is 0 Å². The molecule has 18 heavy (non-hydrogen) atoms. The van der Waals surface area contributed by atoms with Gasteiger partial charge >= 0.3 is 0 Å². The Labute approximate surface area is 120 Å². The first-order valence-electron chi connectivity index (χ1n) is 4.96. The van der Waals surface area contributed by atoms with E-state index in [4.69, 9.17) is 4.74 Å². The Morgan fingerprint density at radius 3 is 2.72 bits per heavy atom. The summed E-state index contributed by atoms with van der Waals surface area (Å²) in [7, 11) is 3.18. The molecular formula is C11H9Br2N3O2. The zero-order valence-corrected chi connectivity index (χ0v) is 12.8. The van der Waals surface area contributed by atoms with Crippen LogP contribution in [0.3, 0.4) is 0 Å². The first kappa shape index (κ1) is 13.2. The van der Waals surface area contributed by atoms with Crippen LogP contribution in [0.25, 0.3) is 0 Å². The predicted octanol–water partition coefficient (Wildman–Crippen LogP) is 2.58. The minimum atomic E-state index is -0.244. The molecule has 94 valence electrons. The van der Waals surface area contributed by atoms with Crippen LogP contribution in [0.4, 0.5) is 0 Å². The van der Waals surface area contributed by atoms with Gasteiger partial charge in [-0.15, -0.1) is 0 Å². The second-order valence-corrected chi connectivity index (χ2v) is 5.27. The molecule has 2 heterocycles. The molecule has 0 aromatic carbocycles. The van der Waals surface area contributed by atoms with Gasteiger partial charge in [-0.3, -0.25) is 14.5 Å². The number of aryl methyl sites for hydroxylation is 1. The van der Waals surface area contributed by atoms with Gasteiger partial charge in [0.1, 0.15) is 5.69 Å². The fourth-order valence-corrected chi connectivity index (χ4v) is 2.69. The number of carbonyl (C=O) groups excluding carboxylic acids is 1. The van der Waals surface area contributed by atoms with Crippen LogP contribution >= 0.6 is 31.9 Å². The van der Waals surface area contributed by atoms with E-state index in [0.717, 1.165) is 4.47 Å². The molecule has 0 atom stereocenters. The van der Waals surface area contributed by atoms with Crippen LogP contribution in [0.15, 0.2) is 27.4 Å². The highest BCUT2D eigenvalue weighted by atomic mass is 79.9. The van der Waals surface area contributed by atoms with E-state index in [1.807, 2.05) is 0 Å². The van der Waals surface area contributed by atoms with Crippen LogP contribution in [0.2, 0.25) is 0 Å². The third kappa shape index (κ3) is 2.32. The summed E-state index contributed by atoms with van der Waals surface area (Å²) < 4.78 is 8.00. The van der Waals surface area contributed by atoms with Crippen LogP contribution < -0.4 is 4.74 Å². The van der Waals surface area contributed by atoms with Crippen LogP contribution in [0.5, 0.6) is 5.75 Å². The number of aromatic nitrogens is 3. The number of ketones is 1. The Morgan fingerprint density at radius 2 is 2.11 bits per heavy atom. The van der Waals surface area contributed by atoms with Gasteiger partial charge in [0.05, 0.1) is 13.3 Å². The third-order valence-electron chi connectivity index (χ3n) is 2.36. The number of hydrogen-bond acceptors (Lipinski definition) is 4. The summed E-state index contributed by atoms with van der Waals surface area (Å²) in [5.74, 6) is 0.186. The molecule has 0 saturated carbocycles. The summed E-state index contributed by atoms with van der Waals surface area (Å²) in [6.45, 7) is 0. The van der Waals surface area contributed by atoms with Gasteiger partial charge in [0.25, 0.3) is 0 Å². The van der Waals surface area contributed by atoms with Gasteiger partial charge < -0.3 is 4.74 Å². The van der Waals surface area contributed by atoms with Gasteiger partial charge in [-0.25, -0.2) is 0 Å². The van der Waals surface area contributed by atoms with Crippen LogP contribution in [-0.2, 0) is 7.05 Å². The maximum atomic E-state index is 12.4. The van der Waals surface area contributed by atoms with E-state index in [0.29, 0.717) is 21.6 Å². The second-order valence-electron chi connectivity index (χ2n) is 3.50. The summed E-state index contributed by atoms with van der Waals surface area (Å²) >= 11 is 6.61. The van der Waals surface area contributed by atoms with Crippen molar-refractivity contribution < 1.29 is 9.53 Å². The SMILES string of the molecule is COc1cnn(C)c1C(=O)c1ncc(Br)cc1Br. The Balaban J connectivity index is 2.51. The molecule has 0 amide bonds. The predicted molar refractivity (Wildman–Crippen MR) is 72.8 cm³/mol. The molecule has 0 spiro atoms. The molecule has 0 aliphatic heterocycles. The van der Waals surface area contributed by atoms with Crippen molar-refractivity contribution >= 4 is 37.6 Å². The Hall–Kier alpha value is -1.21. The average Bonchev–Trinajstić information content (AvgIpc) is 2.69. The number of nitrogens with zero attached hydrogens (tertiary/aromatic N) is 3. The Kier molecular flexibility index (Phi) is 3.82. The maximum Gasteiger partial charge on any atom is 0.234 e. The molecular weight excluding hydrogens is 366 g/mol. The van der Waals surface area contributed by atoms with Crippen LogP contribution in [0.1, 0.15) is 16.2 Å². The number of pyridine rings is 1. The fourth-order valence-electron chi connectivity index (χ4n) is 1.52. The molecule has 2 aromatic rings. The molecule has 7 heteroatoms. The van der Waals surface area contributed by atoms with E-state index in [2.05, 4.69) is 41.9 Å². The van der Waals surface area contributed by atoms with Crippen molar-refractivity contribution in [2.75, 3.05) is 7.11 Å². The first-order valence-corrected chi connectivity index (χ1v) is 6.55. The minimum Gasteiger partial charge on any atom is -0.493 e. The lowest BCUT2D eigenvalue weighted by Gasteiger charge is -2.05. The number of rotatable bonds is 3. The summed E-state index contributed by atoms with van der Waals surface area (Å²) in [5, 5.41) is 4.00. The molecule has 0 aliphatic carbocycles. The Morgan fingerprint density at radius 1 is 1.39 bits per heavy atom. The fraction of sp³-hybridized carbons (Fsp3) is 0.182. The smallest absolute Gasteiger partial charge is 0.234 e. The molecule has 2 aromatic heterocycles. The van der Waals surface area contributed by atoms with E-state index >= 15 is 0 Å². The quantitative estimate of drug-likeness (QED) is 0.775. The van der Waals surface area contributed by atoms with E-state index in [9.17, 15) is 4.79 Å². The number of carbonyl (C=O) groups is 1. The number of halogens is 2. The summed E-state index contributed by atoms with van der Waals surface area (Å²) in [4.78, 5) is 16.5. The molecule has 0 fully saturated rings. The monoisotopic (exact) mass is 373 g/mol. The van der Waals surface area contributed by atoms with Gasteiger partial charge in [-0.2, -0.15) is 5.10 Å². The number of hydrogen-bond donors (Lipinski definition) is 0. The van der Waals surface area contributed by atoms with Gasteiger partial charge in [0.2, 0.25) is 5.78 Å². The van der Waals surface area contributed by atoms with Crippen molar-refractivity contribution in [3.8, 4) is 5.75 Å². The highest BCUT2D eigenvalue weighted by Gasteiger charge is 2.22. The van der Waals surface area contributed by atoms with E-state index in [1.165, 1.54) is 18.0 Å². The zero-order chi connectivity index (χ0) is 13.3. The topological polar surface area (TPSA) is 57.0 Å². The standard InChI is InChI=1S/C11H9Br2N3O2/c1-16-10(8(18-2)5-15-16)11(17)9-7(13)3-6(12)4-14-9/h3-5H,1-2H3. The van der Waals surface area contributed by atoms with Gasteiger partial charge in [0.15, 0.2) is 11.4 Å². The van der Waals surface area contributed by atoms with E-state index in [1.54, 1.807) is 19.3 Å². The zero-order valence-electron chi connectivity index (χ0n) is 9.65. The van der Waals surface area contributed by atoms with Crippen LogP contribution in [0, 0.1) is 0 Å². The molecule has 0 aliphatic rings. The molecule has 0 radical (unpaired) electrons. The molecule has 0 saturated heterocycles. The minimum absolute atomic E-state index is 0.244. The van der Waals surface area contributed by atoms with Crippen molar-refractivity contribution in [3.63, 3.8) is 0 Å². The lowest BCUT2D eigenvalue weighted by molar-refractivity contribution is 0.102.